The maximum atomic E-state index is 5.18. The molecule has 17 heavy (non-hydrogen) atoms. The van der Waals surface area contributed by atoms with Crippen LogP contribution in [0.15, 0.2) is 24.6 Å². The van der Waals surface area contributed by atoms with Crippen LogP contribution in [0.5, 0.6) is 0 Å². The normalized spacial score (nSPS) is 11.4. The molecule has 0 N–H and O–H groups in total. The maximum absolute atomic E-state index is 5.18. The first-order chi connectivity index (χ1) is 7.92. The van der Waals surface area contributed by atoms with Gasteiger partial charge in [0.15, 0.2) is 0 Å². The molecule has 0 aliphatic heterocycles. The first kappa shape index (κ1) is 19.1. The van der Waals surface area contributed by atoms with Gasteiger partial charge in [-0.3, -0.25) is 0 Å². The summed E-state index contributed by atoms with van der Waals surface area (Å²) >= 11 is 0. The van der Waals surface area contributed by atoms with Gasteiger partial charge < -0.3 is 17.7 Å². The van der Waals surface area contributed by atoms with Crippen molar-refractivity contribution in [3.63, 3.8) is 0 Å². The lowest BCUT2D eigenvalue weighted by Crippen LogP contribution is -2.36. The highest BCUT2D eigenvalue weighted by molar-refractivity contribution is 6.72. The van der Waals surface area contributed by atoms with Crippen molar-refractivity contribution in [3.05, 3.63) is 24.6 Å². The molecule has 0 aromatic carbocycles. The molecule has 0 atom stereocenters. The van der Waals surface area contributed by atoms with Gasteiger partial charge in [0.05, 0.1) is 0 Å². The molecule has 0 rings (SSSR count). The minimum Gasteiger partial charge on any atom is -0.395 e. The van der Waals surface area contributed by atoms with E-state index in [1.807, 2.05) is 13.5 Å². The topological polar surface area (TPSA) is 36.9 Å². The van der Waals surface area contributed by atoms with E-state index in [1.165, 1.54) is 0 Å². The van der Waals surface area contributed by atoms with Gasteiger partial charge in [0.1, 0.15) is 0 Å². The van der Waals surface area contributed by atoms with Crippen LogP contribution in [0, 0.1) is 0 Å². The summed E-state index contributed by atoms with van der Waals surface area (Å²) < 4.78 is 20.4. The molecule has 0 aliphatic rings. The summed E-state index contributed by atoms with van der Waals surface area (Å²) in [5, 5.41) is 0. The summed E-state index contributed by atoms with van der Waals surface area (Å²) in [6, 6.07) is 0.920. The Balaban J connectivity index is 0. The zero-order chi connectivity index (χ0) is 13.9. The van der Waals surface area contributed by atoms with Crippen molar-refractivity contribution in [1.29, 1.82) is 0 Å². The van der Waals surface area contributed by atoms with Gasteiger partial charge in [-0.2, -0.15) is 0 Å². The predicted molar refractivity (Wildman–Crippen MR) is 76.3 cm³/mol. The van der Waals surface area contributed by atoms with Gasteiger partial charge in [0.25, 0.3) is 0 Å². The largest absolute Gasteiger partial charge is 0.395 e. The van der Waals surface area contributed by atoms with Crippen molar-refractivity contribution in [2.75, 3.05) is 28.4 Å². The van der Waals surface area contributed by atoms with Crippen LogP contribution in [0.4, 0.5) is 0 Å². The second kappa shape index (κ2) is 9.75. The lowest BCUT2D eigenvalue weighted by atomic mass is 11.0. The van der Waals surface area contributed by atoms with Gasteiger partial charge in [-0.25, -0.2) is 0 Å². The molecule has 0 spiro atoms. The van der Waals surface area contributed by atoms with Crippen molar-refractivity contribution in [2.24, 2.45) is 0 Å². The monoisotopic (exact) mass is 278 g/mol. The van der Waals surface area contributed by atoms with Gasteiger partial charge in [0, 0.05) is 28.4 Å². The van der Waals surface area contributed by atoms with Crippen molar-refractivity contribution < 1.29 is 17.7 Å². The van der Waals surface area contributed by atoms with Crippen LogP contribution < -0.4 is 0 Å². The Kier molecular flexibility index (Phi) is 11.0. The second-order valence-corrected chi connectivity index (χ2v) is 10.2. The van der Waals surface area contributed by atoms with Gasteiger partial charge in [-0.15, -0.1) is 13.2 Å². The first-order valence-electron chi connectivity index (χ1n) is 5.40. The van der Waals surface area contributed by atoms with E-state index >= 15 is 0 Å². The van der Waals surface area contributed by atoms with E-state index < -0.39 is 17.1 Å². The Morgan fingerprint density at radius 1 is 0.882 bits per heavy atom. The lowest BCUT2D eigenvalue weighted by Gasteiger charge is -2.20. The Labute approximate surface area is 108 Å². The molecule has 102 valence electrons. The van der Waals surface area contributed by atoms with Crippen LogP contribution in [0.3, 0.4) is 0 Å². The van der Waals surface area contributed by atoms with E-state index in [2.05, 4.69) is 13.2 Å². The minimum absolute atomic E-state index is 0.920. The minimum atomic E-state index is -1.93. The SMILES string of the molecule is C=C[Si](C)(OC)OC.C=C[Si](CC)(OC)OC. The Hall–Kier alpha value is -0.246. The predicted octanol–water partition coefficient (Wildman–Crippen LogP) is 2.54. The first-order valence-corrected chi connectivity index (χ1v) is 9.90. The molecular formula is C11H26O4Si2. The van der Waals surface area contributed by atoms with E-state index in [0.717, 1.165) is 6.04 Å². The van der Waals surface area contributed by atoms with Crippen LogP contribution in [0.2, 0.25) is 12.6 Å². The third kappa shape index (κ3) is 6.92. The number of hydrogen-bond acceptors (Lipinski definition) is 4. The van der Waals surface area contributed by atoms with E-state index in [0.29, 0.717) is 0 Å². The molecule has 0 bridgehead atoms. The smallest absolute Gasteiger partial charge is 0.363 e. The van der Waals surface area contributed by atoms with Gasteiger partial charge in [-0.1, -0.05) is 6.92 Å². The average Bonchev–Trinajstić information content (AvgIpc) is 2.42. The molecule has 0 saturated heterocycles. The highest BCUT2D eigenvalue weighted by Gasteiger charge is 2.28. The molecule has 0 saturated carbocycles. The second-order valence-electron chi connectivity index (χ2n) is 3.41. The highest BCUT2D eigenvalue weighted by Crippen LogP contribution is 2.10. The maximum Gasteiger partial charge on any atom is 0.363 e. The fourth-order valence-electron chi connectivity index (χ4n) is 0.933. The molecule has 0 unspecified atom stereocenters. The van der Waals surface area contributed by atoms with Crippen molar-refractivity contribution >= 4 is 17.1 Å². The Morgan fingerprint density at radius 2 is 1.29 bits per heavy atom. The van der Waals surface area contributed by atoms with E-state index in [-0.39, 0.29) is 0 Å². The van der Waals surface area contributed by atoms with E-state index in [9.17, 15) is 0 Å². The fourth-order valence-corrected chi connectivity index (χ4v) is 2.80. The van der Waals surface area contributed by atoms with E-state index in [4.69, 9.17) is 17.7 Å². The summed E-state index contributed by atoms with van der Waals surface area (Å²) in [7, 11) is 2.77. The van der Waals surface area contributed by atoms with Gasteiger partial charge in [-0.05, 0) is 24.0 Å². The van der Waals surface area contributed by atoms with Crippen LogP contribution in [0.1, 0.15) is 6.92 Å². The molecule has 0 aromatic rings. The number of hydrogen-bond donors (Lipinski definition) is 0. The standard InChI is InChI=1S/C6H14O2Si.C5H12O2Si/c1-5-9(6-2,7-3)8-4;1-5-8(4,6-2)7-3/h5H,1,6H2,2-4H3;5H,1H2,2-4H3. The summed E-state index contributed by atoms with van der Waals surface area (Å²) in [5.41, 5.74) is 3.54. The third-order valence-electron chi connectivity index (χ3n) is 2.68. The molecule has 4 nitrogen and oxygen atoms in total. The Morgan fingerprint density at radius 3 is 1.29 bits per heavy atom. The quantitative estimate of drug-likeness (QED) is 0.671. The fraction of sp³-hybridized carbons (Fsp3) is 0.636. The lowest BCUT2D eigenvalue weighted by molar-refractivity contribution is 0.257. The summed E-state index contributed by atoms with van der Waals surface area (Å²) in [6.07, 6.45) is 0. The molecule has 0 amide bonds. The highest BCUT2D eigenvalue weighted by atomic mass is 28.4. The van der Waals surface area contributed by atoms with Crippen molar-refractivity contribution in [2.45, 2.75) is 19.5 Å². The van der Waals surface area contributed by atoms with E-state index in [1.54, 1.807) is 39.8 Å². The van der Waals surface area contributed by atoms with Crippen LogP contribution in [0.25, 0.3) is 0 Å². The average molecular weight is 278 g/mol. The molecule has 0 heterocycles. The zero-order valence-electron chi connectivity index (χ0n) is 11.9. The van der Waals surface area contributed by atoms with Crippen LogP contribution in [-0.4, -0.2) is 45.6 Å². The van der Waals surface area contributed by atoms with Crippen molar-refractivity contribution in [3.8, 4) is 0 Å². The summed E-state index contributed by atoms with van der Waals surface area (Å²) in [6.45, 7) is 11.2. The molecule has 0 radical (unpaired) electrons. The summed E-state index contributed by atoms with van der Waals surface area (Å²) in [5.74, 6) is 0. The molecule has 0 aromatic heterocycles. The van der Waals surface area contributed by atoms with Crippen molar-refractivity contribution in [1.82, 2.24) is 0 Å². The van der Waals surface area contributed by atoms with Gasteiger partial charge >= 0.3 is 17.1 Å². The Bertz CT molecular complexity index is 205. The van der Waals surface area contributed by atoms with Crippen LogP contribution >= 0.6 is 0 Å². The molecule has 0 fully saturated rings. The number of rotatable bonds is 7. The molecule has 0 aliphatic carbocycles. The molecular weight excluding hydrogens is 252 g/mol. The van der Waals surface area contributed by atoms with Gasteiger partial charge in [0.2, 0.25) is 0 Å². The van der Waals surface area contributed by atoms with Crippen LogP contribution in [-0.2, 0) is 17.7 Å². The molecule has 6 heteroatoms. The summed E-state index contributed by atoms with van der Waals surface area (Å²) in [4.78, 5) is 0. The third-order valence-corrected chi connectivity index (χ3v) is 8.03. The zero-order valence-corrected chi connectivity index (χ0v) is 13.9.